The van der Waals surface area contributed by atoms with Crippen molar-refractivity contribution in [3.05, 3.63) is 24.3 Å². The summed E-state index contributed by atoms with van der Waals surface area (Å²) in [7, 11) is 0. The van der Waals surface area contributed by atoms with Gasteiger partial charge in [0.25, 0.3) is 0 Å². The van der Waals surface area contributed by atoms with Crippen LogP contribution in [-0.4, -0.2) is 37.2 Å². The summed E-state index contributed by atoms with van der Waals surface area (Å²) in [6.07, 6.45) is 69.1. The highest BCUT2D eigenvalue weighted by Gasteiger charge is 2.19. The molecule has 0 bridgehead atoms. The quantitative estimate of drug-likeness (QED) is 0.0261. The molecular formula is C63H118O6. The van der Waals surface area contributed by atoms with Gasteiger partial charge in [-0.15, -0.1) is 0 Å². The van der Waals surface area contributed by atoms with E-state index in [2.05, 4.69) is 45.1 Å². The van der Waals surface area contributed by atoms with Gasteiger partial charge in [-0.1, -0.05) is 302 Å². The second-order valence-electron chi connectivity index (χ2n) is 21.0. The van der Waals surface area contributed by atoms with Gasteiger partial charge in [-0.3, -0.25) is 14.4 Å². The molecule has 0 saturated carbocycles. The Hall–Kier alpha value is -2.11. The Morgan fingerprint density at radius 3 is 0.855 bits per heavy atom. The number of hydrogen-bond donors (Lipinski definition) is 0. The third-order valence-corrected chi connectivity index (χ3v) is 13.9. The molecule has 1 unspecified atom stereocenters. The van der Waals surface area contributed by atoms with Crippen molar-refractivity contribution in [2.24, 2.45) is 0 Å². The topological polar surface area (TPSA) is 78.9 Å². The highest BCUT2D eigenvalue weighted by molar-refractivity contribution is 5.71. The van der Waals surface area contributed by atoms with Crippen LogP contribution in [-0.2, 0) is 28.6 Å². The number of ether oxygens (including phenoxy) is 3. The molecule has 0 amide bonds. The van der Waals surface area contributed by atoms with Crippen molar-refractivity contribution in [2.45, 2.75) is 348 Å². The minimum atomic E-state index is -0.773. The maximum absolute atomic E-state index is 12.8. The van der Waals surface area contributed by atoms with Gasteiger partial charge >= 0.3 is 17.9 Å². The van der Waals surface area contributed by atoms with E-state index >= 15 is 0 Å². The van der Waals surface area contributed by atoms with Crippen LogP contribution in [0.25, 0.3) is 0 Å². The maximum Gasteiger partial charge on any atom is 0.306 e. The lowest BCUT2D eigenvalue weighted by Crippen LogP contribution is -2.30. The van der Waals surface area contributed by atoms with Crippen molar-refractivity contribution in [2.75, 3.05) is 13.2 Å². The Labute approximate surface area is 430 Å². The summed E-state index contributed by atoms with van der Waals surface area (Å²) >= 11 is 0. The molecule has 0 aliphatic heterocycles. The number of rotatable bonds is 57. The van der Waals surface area contributed by atoms with Crippen LogP contribution in [0.5, 0.6) is 0 Å². The van der Waals surface area contributed by atoms with E-state index in [0.717, 1.165) is 89.9 Å². The van der Waals surface area contributed by atoms with E-state index < -0.39 is 6.10 Å². The van der Waals surface area contributed by atoms with Crippen molar-refractivity contribution in [3.63, 3.8) is 0 Å². The molecule has 6 heteroatoms. The van der Waals surface area contributed by atoms with Gasteiger partial charge in [0.05, 0.1) is 0 Å². The van der Waals surface area contributed by atoms with Gasteiger partial charge < -0.3 is 14.2 Å². The lowest BCUT2D eigenvalue weighted by molar-refractivity contribution is -0.167. The molecular weight excluding hydrogens is 853 g/mol. The van der Waals surface area contributed by atoms with Crippen LogP contribution in [0.1, 0.15) is 342 Å². The standard InChI is InChI=1S/C63H118O6/c1-4-7-10-13-16-19-22-25-26-27-28-29-30-31-32-33-34-35-36-37-39-41-44-47-50-53-56-62(65)68-59-60(58-67-61(64)55-52-49-46-43-40-24-21-18-15-12-9-6-3)69-63(66)57-54-51-48-45-42-38-23-20-17-14-11-8-5-2/h11,14,20,23,60H,4-10,12-13,15-19,21-22,24-59H2,1-3H3/b14-11-,23-20-. The molecule has 0 aromatic carbocycles. The predicted molar refractivity (Wildman–Crippen MR) is 298 cm³/mol. The summed E-state index contributed by atoms with van der Waals surface area (Å²) in [6, 6.07) is 0. The first-order valence-corrected chi connectivity index (χ1v) is 30.8. The molecule has 0 N–H and O–H groups in total. The minimum Gasteiger partial charge on any atom is -0.462 e. The van der Waals surface area contributed by atoms with Gasteiger partial charge in [-0.2, -0.15) is 0 Å². The smallest absolute Gasteiger partial charge is 0.306 e. The summed E-state index contributed by atoms with van der Waals surface area (Å²) in [5.74, 6) is -0.864. The molecule has 406 valence electrons. The Morgan fingerprint density at radius 1 is 0.290 bits per heavy atom. The highest BCUT2D eigenvalue weighted by atomic mass is 16.6. The van der Waals surface area contributed by atoms with Crippen LogP contribution in [0.15, 0.2) is 24.3 Å². The van der Waals surface area contributed by atoms with E-state index in [0.29, 0.717) is 19.3 Å². The number of carbonyl (C=O) groups excluding carboxylic acids is 3. The van der Waals surface area contributed by atoms with Gasteiger partial charge in [-0.05, 0) is 44.9 Å². The average molecular weight is 972 g/mol. The van der Waals surface area contributed by atoms with Gasteiger partial charge in [0, 0.05) is 19.3 Å². The van der Waals surface area contributed by atoms with E-state index in [-0.39, 0.29) is 31.1 Å². The molecule has 0 spiro atoms. The summed E-state index contributed by atoms with van der Waals surface area (Å²) in [4.78, 5) is 38.1. The van der Waals surface area contributed by atoms with Crippen molar-refractivity contribution < 1.29 is 28.6 Å². The zero-order valence-corrected chi connectivity index (χ0v) is 46.6. The maximum atomic E-state index is 12.8. The van der Waals surface area contributed by atoms with E-state index in [4.69, 9.17) is 14.2 Å². The summed E-state index contributed by atoms with van der Waals surface area (Å²) in [5.41, 5.74) is 0. The molecule has 69 heavy (non-hydrogen) atoms. The molecule has 6 nitrogen and oxygen atoms in total. The fraction of sp³-hybridized carbons (Fsp3) is 0.889. The van der Waals surface area contributed by atoms with Crippen LogP contribution in [0.4, 0.5) is 0 Å². The molecule has 0 rings (SSSR count). The fourth-order valence-corrected chi connectivity index (χ4v) is 9.31. The molecule has 1 atom stereocenters. The molecule has 0 heterocycles. The minimum absolute atomic E-state index is 0.0716. The van der Waals surface area contributed by atoms with E-state index in [1.54, 1.807) is 0 Å². The van der Waals surface area contributed by atoms with Gasteiger partial charge in [0.15, 0.2) is 6.10 Å². The molecule has 0 saturated heterocycles. The third kappa shape index (κ3) is 56.7. The van der Waals surface area contributed by atoms with Crippen LogP contribution >= 0.6 is 0 Å². The monoisotopic (exact) mass is 971 g/mol. The van der Waals surface area contributed by atoms with Gasteiger partial charge in [0.1, 0.15) is 13.2 Å². The van der Waals surface area contributed by atoms with Crippen LogP contribution in [0, 0.1) is 0 Å². The van der Waals surface area contributed by atoms with Crippen LogP contribution < -0.4 is 0 Å². The Morgan fingerprint density at radius 2 is 0.551 bits per heavy atom. The van der Waals surface area contributed by atoms with Crippen molar-refractivity contribution in [1.29, 1.82) is 0 Å². The normalized spacial score (nSPS) is 12.1. The van der Waals surface area contributed by atoms with Crippen molar-refractivity contribution in [3.8, 4) is 0 Å². The second-order valence-corrected chi connectivity index (χ2v) is 21.0. The zero-order chi connectivity index (χ0) is 50.0. The van der Waals surface area contributed by atoms with Crippen molar-refractivity contribution in [1.82, 2.24) is 0 Å². The summed E-state index contributed by atoms with van der Waals surface area (Å²) in [6.45, 7) is 6.61. The summed E-state index contributed by atoms with van der Waals surface area (Å²) < 4.78 is 16.9. The molecule has 0 radical (unpaired) electrons. The van der Waals surface area contributed by atoms with E-state index in [9.17, 15) is 14.4 Å². The lowest BCUT2D eigenvalue weighted by atomic mass is 10.0. The number of esters is 3. The molecule has 0 aliphatic carbocycles. The number of carbonyl (C=O) groups is 3. The van der Waals surface area contributed by atoms with Gasteiger partial charge in [0.2, 0.25) is 0 Å². The average Bonchev–Trinajstić information content (AvgIpc) is 3.35. The van der Waals surface area contributed by atoms with Crippen LogP contribution in [0.3, 0.4) is 0 Å². The SMILES string of the molecule is CCC/C=C\C/C=C\CCCCCCCC(=O)OC(COC(=O)CCCCCCCCCCCCCC)COC(=O)CCCCCCCCCCCCCCCCCCCCCCCCCCCC. The fourth-order valence-electron chi connectivity index (χ4n) is 9.31. The Balaban J connectivity index is 4.15. The Bertz CT molecular complexity index is 1110. The largest absolute Gasteiger partial charge is 0.462 e. The van der Waals surface area contributed by atoms with E-state index in [1.807, 2.05) is 0 Å². The molecule has 0 fully saturated rings. The Kier molecular flexibility index (Phi) is 56.7. The predicted octanol–water partition coefficient (Wildman–Crippen LogP) is 20.7. The third-order valence-electron chi connectivity index (χ3n) is 13.9. The van der Waals surface area contributed by atoms with Crippen LogP contribution in [0.2, 0.25) is 0 Å². The first kappa shape index (κ1) is 66.9. The lowest BCUT2D eigenvalue weighted by Gasteiger charge is -2.18. The van der Waals surface area contributed by atoms with Gasteiger partial charge in [-0.25, -0.2) is 0 Å². The van der Waals surface area contributed by atoms with Crippen molar-refractivity contribution >= 4 is 17.9 Å². The summed E-state index contributed by atoms with van der Waals surface area (Å²) in [5, 5.41) is 0. The molecule has 0 aromatic heterocycles. The molecule has 0 aliphatic rings. The number of unbranched alkanes of at least 4 members (excludes halogenated alkanes) is 42. The molecule has 0 aromatic rings. The first-order chi connectivity index (χ1) is 34.0. The highest BCUT2D eigenvalue weighted by Crippen LogP contribution is 2.18. The number of allylic oxidation sites excluding steroid dienone is 4. The van der Waals surface area contributed by atoms with E-state index in [1.165, 1.54) is 212 Å². The zero-order valence-electron chi connectivity index (χ0n) is 46.6. The first-order valence-electron chi connectivity index (χ1n) is 30.8. The number of hydrogen-bond acceptors (Lipinski definition) is 6. The second kappa shape index (κ2) is 58.5.